The number of carbonyl (C=O) groups excluding carboxylic acids is 1. The zero-order valence-corrected chi connectivity index (χ0v) is 17.3. The zero-order chi connectivity index (χ0) is 20.1. The Balaban J connectivity index is 1.81. The first kappa shape index (κ1) is 20.3. The van der Waals surface area contributed by atoms with Gasteiger partial charge in [-0.3, -0.25) is 9.69 Å². The van der Waals surface area contributed by atoms with Gasteiger partial charge in [-0.2, -0.15) is 0 Å². The number of ketones is 1. The van der Waals surface area contributed by atoms with E-state index in [1.807, 2.05) is 12.1 Å². The molecule has 2 heterocycles. The van der Waals surface area contributed by atoms with Crippen LogP contribution >= 0.6 is 0 Å². The van der Waals surface area contributed by atoms with Gasteiger partial charge in [0, 0.05) is 19.6 Å². The third-order valence-corrected chi connectivity index (χ3v) is 6.60. The number of Topliss-reactive ketones (excluding diaryl/α,β-unsaturated/α-hetero) is 1. The van der Waals surface area contributed by atoms with E-state index in [9.17, 15) is 4.79 Å². The summed E-state index contributed by atoms with van der Waals surface area (Å²) in [4.78, 5) is 16.7. The molecule has 4 nitrogen and oxygen atoms in total. The van der Waals surface area contributed by atoms with Crippen LogP contribution in [-0.2, 0) is 14.9 Å². The monoisotopic (exact) mass is 392 g/mol. The summed E-state index contributed by atoms with van der Waals surface area (Å²) in [6.45, 7) is 7.46. The van der Waals surface area contributed by atoms with Crippen LogP contribution in [0.4, 0.5) is 0 Å². The van der Waals surface area contributed by atoms with Crippen molar-refractivity contribution in [2.45, 2.75) is 31.2 Å². The van der Waals surface area contributed by atoms with E-state index in [0.717, 1.165) is 63.4 Å². The molecule has 0 amide bonds. The summed E-state index contributed by atoms with van der Waals surface area (Å²) in [5.41, 5.74) is 1.54. The van der Waals surface area contributed by atoms with E-state index < -0.39 is 5.41 Å². The van der Waals surface area contributed by atoms with Gasteiger partial charge in [-0.1, -0.05) is 67.6 Å². The Hall–Kier alpha value is -2.01. The summed E-state index contributed by atoms with van der Waals surface area (Å²) in [5.74, 6) is 0.452. The van der Waals surface area contributed by atoms with E-state index in [1.54, 1.807) is 0 Å². The molecule has 0 aromatic heterocycles. The van der Waals surface area contributed by atoms with Gasteiger partial charge in [-0.15, -0.1) is 0 Å². The molecule has 4 heteroatoms. The molecule has 2 unspecified atom stereocenters. The Labute approximate surface area is 174 Å². The maximum absolute atomic E-state index is 14.2. The van der Waals surface area contributed by atoms with E-state index >= 15 is 0 Å². The Morgan fingerprint density at radius 3 is 2.17 bits per heavy atom. The van der Waals surface area contributed by atoms with Crippen molar-refractivity contribution in [3.8, 4) is 0 Å². The second-order valence-electron chi connectivity index (χ2n) is 8.37. The predicted molar refractivity (Wildman–Crippen MR) is 116 cm³/mol. The fourth-order valence-corrected chi connectivity index (χ4v) is 5.16. The number of nitrogens with zero attached hydrogens (tertiary/aromatic N) is 1. The number of benzene rings is 2. The summed E-state index contributed by atoms with van der Waals surface area (Å²) in [7, 11) is 0. The minimum atomic E-state index is -0.664. The highest BCUT2D eigenvalue weighted by Crippen LogP contribution is 2.42. The predicted octanol–water partition coefficient (Wildman–Crippen LogP) is 3.26. The third-order valence-electron chi connectivity index (χ3n) is 6.60. The summed E-state index contributed by atoms with van der Waals surface area (Å²) in [5, 5.41) is 3.48. The van der Waals surface area contributed by atoms with Gasteiger partial charge in [0.1, 0.15) is 0 Å². The molecule has 4 rings (SSSR count). The van der Waals surface area contributed by atoms with Crippen LogP contribution in [0.1, 0.15) is 30.9 Å². The first-order valence-electron chi connectivity index (χ1n) is 10.9. The molecule has 0 spiro atoms. The van der Waals surface area contributed by atoms with Gasteiger partial charge in [0.25, 0.3) is 0 Å². The summed E-state index contributed by atoms with van der Waals surface area (Å²) < 4.78 is 5.55. The Bertz CT molecular complexity index is 741. The van der Waals surface area contributed by atoms with E-state index in [0.29, 0.717) is 5.78 Å². The van der Waals surface area contributed by atoms with Gasteiger partial charge >= 0.3 is 0 Å². The summed E-state index contributed by atoms with van der Waals surface area (Å²) in [6, 6.07) is 20.8. The molecule has 2 aromatic carbocycles. The van der Waals surface area contributed by atoms with E-state index in [4.69, 9.17) is 4.74 Å². The van der Waals surface area contributed by atoms with Crippen molar-refractivity contribution in [1.29, 1.82) is 0 Å². The van der Waals surface area contributed by atoms with Crippen LogP contribution in [-0.4, -0.2) is 56.1 Å². The third kappa shape index (κ3) is 4.02. The largest absolute Gasteiger partial charge is 0.379 e. The fourth-order valence-electron chi connectivity index (χ4n) is 5.16. The molecule has 2 fully saturated rings. The molecular formula is C25H32N2O2. The number of nitrogens with one attached hydrogen (secondary N) is 1. The Morgan fingerprint density at radius 1 is 1.07 bits per heavy atom. The molecule has 0 radical (unpaired) electrons. The van der Waals surface area contributed by atoms with Crippen LogP contribution in [0.2, 0.25) is 0 Å². The molecule has 2 saturated heterocycles. The lowest BCUT2D eigenvalue weighted by molar-refractivity contribution is -0.127. The van der Waals surface area contributed by atoms with Crippen molar-refractivity contribution in [1.82, 2.24) is 10.2 Å². The maximum atomic E-state index is 14.2. The average molecular weight is 393 g/mol. The SMILES string of the molecule is CC(CN1CCOCC1)C(C(=O)C1CCCN1)(c1ccccc1)c1ccccc1. The van der Waals surface area contributed by atoms with Crippen LogP contribution < -0.4 is 5.32 Å². The summed E-state index contributed by atoms with van der Waals surface area (Å²) >= 11 is 0. The normalized spacial score (nSPS) is 21.8. The van der Waals surface area contributed by atoms with Crippen LogP contribution in [0, 0.1) is 5.92 Å². The van der Waals surface area contributed by atoms with Crippen LogP contribution in [0.3, 0.4) is 0 Å². The van der Waals surface area contributed by atoms with Crippen molar-refractivity contribution >= 4 is 5.78 Å². The number of ether oxygens (including phenoxy) is 1. The smallest absolute Gasteiger partial charge is 0.164 e. The van der Waals surface area contributed by atoms with Crippen molar-refractivity contribution in [3.63, 3.8) is 0 Å². The molecule has 2 aromatic rings. The molecule has 1 N–H and O–H groups in total. The molecule has 0 aliphatic carbocycles. The second-order valence-corrected chi connectivity index (χ2v) is 8.37. The van der Waals surface area contributed by atoms with Crippen LogP contribution in [0.25, 0.3) is 0 Å². The lowest BCUT2D eigenvalue weighted by Crippen LogP contribution is -2.54. The Kier molecular flexibility index (Phi) is 6.43. The number of hydrogen-bond donors (Lipinski definition) is 1. The van der Waals surface area contributed by atoms with E-state index in [-0.39, 0.29) is 12.0 Å². The molecule has 29 heavy (non-hydrogen) atoms. The first-order valence-corrected chi connectivity index (χ1v) is 10.9. The van der Waals surface area contributed by atoms with Gasteiger partial charge in [0.15, 0.2) is 5.78 Å². The molecule has 2 aliphatic rings. The minimum absolute atomic E-state index is 0.0810. The highest BCUT2D eigenvalue weighted by atomic mass is 16.5. The fraction of sp³-hybridized carbons (Fsp3) is 0.480. The number of carbonyl (C=O) groups is 1. The lowest BCUT2D eigenvalue weighted by atomic mass is 9.62. The molecular weight excluding hydrogens is 360 g/mol. The second kappa shape index (κ2) is 9.21. The molecule has 0 bridgehead atoms. The van der Waals surface area contributed by atoms with Gasteiger partial charge in [-0.25, -0.2) is 0 Å². The summed E-state index contributed by atoms with van der Waals surface area (Å²) in [6.07, 6.45) is 1.98. The van der Waals surface area contributed by atoms with Crippen LogP contribution in [0.15, 0.2) is 60.7 Å². The lowest BCUT2D eigenvalue weighted by Gasteiger charge is -2.43. The van der Waals surface area contributed by atoms with E-state index in [1.165, 1.54) is 0 Å². The van der Waals surface area contributed by atoms with Gasteiger partial charge in [0.05, 0.1) is 24.7 Å². The average Bonchev–Trinajstić information content (AvgIpc) is 3.31. The van der Waals surface area contributed by atoms with Crippen molar-refractivity contribution in [3.05, 3.63) is 71.8 Å². The van der Waals surface area contributed by atoms with Crippen molar-refractivity contribution in [2.75, 3.05) is 39.4 Å². The maximum Gasteiger partial charge on any atom is 0.164 e. The van der Waals surface area contributed by atoms with E-state index in [2.05, 4.69) is 65.7 Å². The highest BCUT2D eigenvalue weighted by molar-refractivity contribution is 5.98. The minimum Gasteiger partial charge on any atom is -0.379 e. The number of hydrogen-bond acceptors (Lipinski definition) is 4. The number of rotatable bonds is 7. The van der Waals surface area contributed by atoms with Crippen LogP contribution in [0.5, 0.6) is 0 Å². The molecule has 154 valence electrons. The van der Waals surface area contributed by atoms with Gasteiger partial charge in [-0.05, 0) is 36.4 Å². The van der Waals surface area contributed by atoms with Gasteiger partial charge in [0.2, 0.25) is 0 Å². The van der Waals surface area contributed by atoms with Crippen molar-refractivity contribution < 1.29 is 9.53 Å². The molecule has 2 atom stereocenters. The Morgan fingerprint density at radius 2 is 1.66 bits per heavy atom. The first-order chi connectivity index (χ1) is 14.2. The molecule has 0 saturated carbocycles. The quantitative estimate of drug-likeness (QED) is 0.785. The zero-order valence-electron chi connectivity index (χ0n) is 17.3. The topological polar surface area (TPSA) is 41.6 Å². The van der Waals surface area contributed by atoms with Crippen molar-refractivity contribution in [2.24, 2.45) is 5.92 Å². The standard InChI is InChI=1S/C25H32N2O2/c1-20(19-27-15-17-29-18-16-27)25(21-9-4-2-5-10-21,22-11-6-3-7-12-22)24(28)23-13-8-14-26-23/h2-7,9-12,20,23,26H,8,13-19H2,1H3. The van der Waals surface area contributed by atoms with Gasteiger partial charge < -0.3 is 10.1 Å². The molecule has 2 aliphatic heterocycles. The highest BCUT2D eigenvalue weighted by Gasteiger charge is 2.49. The number of morpholine rings is 1.